The van der Waals surface area contributed by atoms with Gasteiger partial charge in [0.1, 0.15) is 23.0 Å². The molecule has 260 valence electrons. The van der Waals surface area contributed by atoms with Crippen molar-refractivity contribution in [2.45, 2.75) is 90.1 Å². The number of halogens is 2. The number of hydrogen-bond donors (Lipinski definition) is 2. The van der Waals surface area contributed by atoms with Gasteiger partial charge in [-0.2, -0.15) is 0 Å². The number of phenolic OH excluding ortho intramolecular Hbond substituents is 2. The number of ether oxygens (including phenoxy) is 1. The van der Waals surface area contributed by atoms with Gasteiger partial charge in [0.05, 0.1) is 12.1 Å². The van der Waals surface area contributed by atoms with Gasteiger partial charge in [-0.1, -0.05) is 108 Å². The third-order valence-corrected chi connectivity index (χ3v) is 8.57. The molecule has 0 heterocycles. The Kier molecular flexibility index (Phi) is 14.2. The first-order chi connectivity index (χ1) is 22.6. The van der Waals surface area contributed by atoms with Crippen molar-refractivity contribution in [3.05, 3.63) is 111 Å². The van der Waals surface area contributed by atoms with Gasteiger partial charge in [-0.3, -0.25) is 9.98 Å². The van der Waals surface area contributed by atoms with E-state index >= 15 is 0 Å². The first-order valence-corrected chi connectivity index (χ1v) is 17.0. The predicted molar refractivity (Wildman–Crippen MR) is 197 cm³/mol. The number of benzene rings is 4. The molecular formula is C40H45Cl2CrN2O4-. The summed E-state index contributed by atoms with van der Waals surface area (Å²) in [5.41, 5.74) is 2.36. The molecule has 2 unspecified atom stereocenters. The first kappa shape index (κ1) is 40.0. The molecule has 0 aromatic heterocycles. The summed E-state index contributed by atoms with van der Waals surface area (Å²) in [4.78, 5) is 9.65. The molecule has 1 aliphatic rings. The van der Waals surface area contributed by atoms with Crippen molar-refractivity contribution in [2.75, 3.05) is 0 Å². The zero-order valence-corrected chi connectivity index (χ0v) is 31.7. The van der Waals surface area contributed by atoms with Gasteiger partial charge in [0, 0.05) is 62.1 Å². The molecule has 2 N–H and O–H groups in total. The van der Waals surface area contributed by atoms with Gasteiger partial charge in [-0.15, -0.1) is 5.75 Å². The fourth-order valence-corrected chi connectivity index (χ4v) is 5.96. The largest absolute Gasteiger partial charge is 0.872 e. The van der Waals surface area contributed by atoms with Crippen LogP contribution in [0.15, 0.2) is 88.8 Å². The van der Waals surface area contributed by atoms with Gasteiger partial charge in [0.2, 0.25) is 0 Å². The molecule has 5 rings (SSSR count). The molecule has 1 aliphatic carbocycles. The smallest absolute Gasteiger partial charge is 0.128 e. The van der Waals surface area contributed by atoms with E-state index < -0.39 is 0 Å². The Morgan fingerprint density at radius 1 is 0.673 bits per heavy atom. The second-order valence-electron chi connectivity index (χ2n) is 14.1. The van der Waals surface area contributed by atoms with Crippen molar-refractivity contribution < 1.29 is 37.4 Å². The minimum atomic E-state index is -0.236. The molecule has 0 saturated heterocycles. The maximum absolute atomic E-state index is 10.8. The van der Waals surface area contributed by atoms with E-state index in [2.05, 4.69) is 0 Å². The summed E-state index contributed by atoms with van der Waals surface area (Å²) in [5.74, 6) is 1.87. The van der Waals surface area contributed by atoms with Gasteiger partial charge in [-0.25, -0.2) is 0 Å². The van der Waals surface area contributed by atoms with Crippen LogP contribution in [-0.2, 0) is 28.2 Å². The van der Waals surface area contributed by atoms with E-state index in [9.17, 15) is 15.3 Å². The summed E-state index contributed by atoms with van der Waals surface area (Å²) in [6.45, 7) is 12.3. The van der Waals surface area contributed by atoms with Gasteiger partial charge in [0.25, 0.3) is 0 Å². The summed E-state index contributed by atoms with van der Waals surface area (Å²) < 4.78 is 5.49. The molecular weight excluding hydrogens is 695 g/mol. The number of aromatic hydroxyl groups is 2. The normalized spacial score (nSPS) is 16.6. The second-order valence-corrected chi connectivity index (χ2v) is 15.0. The molecule has 0 radical (unpaired) electrons. The van der Waals surface area contributed by atoms with Crippen LogP contribution in [0.1, 0.15) is 89.5 Å². The topological polar surface area (TPSA) is 97.5 Å². The number of hydrogen-bond acceptors (Lipinski definition) is 6. The number of aliphatic imine (C=N–C) groups is 2. The Labute approximate surface area is 311 Å². The quantitative estimate of drug-likeness (QED) is 0.192. The summed E-state index contributed by atoms with van der Waals surface area (Å²) in [6, 6.07) is 22.8. The summed E-state index contributed by atoms with van der Waals surface area (Å²) in [7, 11) is 0. The van der Waals surface area contributed by atoms with E-state index in [1.54, 1.807) is 36.7 Å². The van der Waals surface area contributed by atoms with Crippen LogP contribution in [0.5, 0.6) is 28.7 Å². The van der Waals surface area contributed by atoms with Crippen molar-refractivity contribution >= 4 is 35.6 Å². The Balaban J connectivity index is 0.000000361. The summed E-state index contributed by atoms with van der Waals surface area (Å²) in [6.07, 6.45) is 7.45. The molecule has 1 fully saturated rings. The zero-order chi connectivity index (χ0) is 35.1. The van der Waals surface area contributed by atoms with E-state index in [-0.39, 0.29) is 57.5 Å². The molecule has 6 nitrogen and oxygen atoms in total. The maximum Gasteiger partial charge on any atom is 0.128 e. The van der Waals surface area contributed by atoms with Crippen LogP contribution in [0.3, 0.4) is 0 Å². The van der Waals surface area contributed by atoms with Crippen LogP contribution in [0, 0.1) is 0 Å². The number of para-hydroxylation sites is 1. The molecule has 0 bridgehead atoms. The Morgan fingerprint density at radius 3 is 1.49 bits per heavy atom. The molecule has 2 atom stereocenters. The van der Waals surface area contributed by atoms with Crippen molar-refractivity contribution in [3.63, 3.8) is 0 Å². The average molecular weight is 741 g/mol. The third kappa shape index (κ3) is 11.5. The SMILES string of the molecule is CC(C)(C)c1cc(Cl)cc(C=NC2CCCCC2N=Cc2cc(Cl)cc(C(C)(C)C)c2O)c1O.[Cr].[O-]c1ccc(Oc2ccccc2)cc1. The zero-order valence-electron chi connectivity index (χ0n) is 28.9. The van der Waals surface area contributed by atoms with Gasteiger partial charge in [-0.05, 0) is 72.2 Å². The van der Waals surface area contributed by atoms with Crippen molar-refractivity contribution in [1.82, 2.24) is 0 Å². The molecule has 0 aliphatic heterocycles. The number of phenols is 2. The van der Waals surface area contributed by atoms with Crippen molar-refractivity contribution in [1.29, 1.82) is 0 Å². The Morgan fingerprint density at radius 2 is 1.08 bits per heavy atom. The molecule has 49 heavy (non-hydrogen) atoms. The summed E-state index contributed by atoms with van der Waals surface area (Å²) >= 11 is 12.7. The molecule has 0 amide bonds. The van der Waals surface area contributed by atoms with Crippen LogP contribution in [-0.4, -0.2) is 34.7 Å². The Bertz CT molecular complexity index is 1640. The van der Waals surface area contributed by atoms with Gasteiger partial charge in [0.15, 0.2) is 0 Å². The molecule has 0 spiro atoms. The molecule has 1 saturated carbocycles. The minimum absolute atomic E-state index is 0. The van der Waals surface area contributed by atoms with Crippen LogP contribution in [0.2, 0.25) is 10.0 Å². The van der Waals surface area contributed by atoms with Gasteiger partial charge < -0.3 is 20.1 Å². The van der Waals surface area contributed by atoms with Crippen LogP contribution < -0.4 is 9.84 Å². The summed E-state index contributed by atoms with van der Waals surface area (Å²) in [5, 5.41) is 33.6. The molecule has 4 aromatic carbocycles. The van der Waals surface area contributed by atoms with E-state index in [1.807, 2.05) is 84.0 Å². The van der Waals surface area contributed by atoms with Crippen molar-refractivity contribution in [3.8, 4) is 28.7 Å². The van der Waals surface area contributed by atoms with E-state index in [0.29, 0.717) is 26.9 Å². The Hall–Kier alpha value is -3.47. The third-order valence-electron chi connectivity index (χ3n) is 8.13. The van der Waals surface area contributed by atoms with Crippen LogP contribution in [0.4, 0.5) is 0 Å². The van der Waals surface area contributed by atoms with Crippen LogP contribution in [0.25, 0.3) is 0 Å². The predicted octanol–water partition coefficient (Wildman–Crippen LogP) is 10.4. The number of nitrogens with zero attached hydrogens (tertiary/aromatic N) is 2. The fourth-order valence-electron chi connectivity index (χ4n) is 5.50. The van der Waals surface area contributed by atoms with E-state index in [0.717, 1.165) is 42.6 Å². The first-order valence-electron chi connectivity index (χ1n) is 16.2. The fraction of sp³-hybridized carbons (Fsp3) is 0.350. The minimum Gasteiger partial charge on any atom is -0.872 e. The maximum atomic E-state index is 10.8. The van der Waals surface area contributed by atoms with Crippen LogP contribution >= 0.6 is 23.2 Å². The van der Waals surface area contributed by atoms with E-state index in [1.165, 1.54) is 12.1 Å². The van der Waals surface area contributed by atoms with Crippen molar-refractivity contribution in [2.24, 2.45) is 9.98 Å². The number of rotatable bonds is 6. The average Bonchev–Trinajstić information content (AvgIpc) is 3.03. The monoisotopic (exact) mass is 739 g/mol. The molecule has 9 heteroatoms. The van der Waals surface area contributed by atoms with E-state index in [4.69, 9.17) is 37.9 Å². The van der Waals surface area contributed by atoms with Gasteiger partial charge >= 0.3 is 0 Å². The standard InChI is InChI=1S/C28H36Cl2N2O2.C12H10O2.Cr/c1-27(2,3)21-13-19(29)11-17(25(21)33)15-31-23-9-7-8-10-24(23)32-16-18-12-20(30)14-22(26(18)34)28(4,5)6;13-10-6-8-12(9-7-10)14-11-4-2-1-3-5-11;/h11-16,23-24,33-34H,7-10H2,1-6H3;1-9,13H;/p-1. The second kappa shape index (κ2) is 17.5. The molecule has 4 aromatic rings.